The maximum atomic E-state index is 5.32. The molecule has 0 aliphatic rings. The minimum Gasteiger partial charge on any atom is -0.245 e. The molecule has 4 heteroatoms. The summed E-state index contributed by atoms with van der Waals surface area (Å²) in [5.74, 6) is 0.684. The quantitative estimate of drug-likeness (QED) is 0.129. The Kier molecular flexibility index (Phi) is 7.77. The molecule has 3 aromatic heterocycles. The van der Waals surface area contributed by atoms with Crippen molar-refractivity contribution in [2.75, 3.05) is 0 Å². The summed E-state index contributed by atoms with van der Waals surface area (Å²) in [6.07, 6.45) is 0. The van der Waals surface area contributed by atoms with Gasteiger partial charge in [-0.2, -0.15) is 0 Å². The predicted molar refractivity (Wildman–Crippen MR) is 223 cm³/mol. The van der Waals surface area contributed by atoms with Gasteiger partial charge in [0.05, 0.1) is 33.6 Å². The van der Waals surface area contributed by atoms with Crippen molar-refractivity contribution in [2.24, 2.45) is 0 Å². The summed E-state index contributed by atoms with van der Waals surface area (Å²) >= 11 is 0. The Bertz CT molecular complexity index is 2960. The van der Waals surface area contributed by atoms with Crippen LogP contribution in [0.25, 0.3) is 100 Å². The standard InChI is InChI=1S/C50H32N4/c1-4-13-33(14-5-1)34-23-25-35(26-24-34)45-32-46(54-50(53-45)38-17-8-3-9-18-38)40-20-12-19-39(31-40)43-30-28-37-27-29-42-47(36-15-6-2-7-16-36)41-21-10-11-22-44(41)52-49(42)48(37)51-43/h1-32H. The number of nitrogens with zero attached hydrogens (tertiary/aromatic N) is 4. The zero-order valence-electron chi connectivity index (χ0n) is 29.3. The first-order valence-corrected chi connectivity index (χ1v) is 18.1. The zero-order chi connectivity index (χ0) is 35.8. The molecular formula is C50H32N4. The second kappa shape index (κ2) is 13.4. The van der Waals surface area contributed by atoms with Crippen LogP contribution in [0, 0.1) is 0 Å². The Labute approximate surface area is 313 Å². The van der Waals surface area contributed by atoms with E-state index < -0.39 is 0 Å². The van der Waals surface area contributed by atoms with Gasteiger partial charge in [-0.3, -0.25) is 0 Å². The molecule has 0 aliphatic heterocycles. The van der Waals surface area contributed by atoms with Gasteiger partial charge in [0.2, 0.25) is 0 Å². The highest BCUT2D eigenvalue weighted by atomic mass is 14.9. The molecule has 0 N–H and O–H groups in total. The van der Waals surface area contributed by atoms with Crippen LogP contribution in [0.15, 0.2) is 194 Å². The first-order valence-electron chi connectivity index (χ1n) is 18.1. The van der Waals surface area contributed by atoms with Gasteiger partial charge >= 0.3 is 0 Å². The summed E-state index contributed by atoms with van der Waals surface area (Å²) in [5, 5.41) is 3.27. The maximum absolute atomic E-state index is 5.32. The summed E-state index contributed by atoms with van der Waals surface area (Å²) < 4.78 is 0. The summed E-state index contributed by atoms with van der Waals surface area (Å²) in [7, 11) is 0. The maximum Gasteiger partial charge on any atom is 0.160 e. The van der Waals surface area contributed by atoms with E-state index >= 15 is 0 Å². The van der Waals surface area contributed by atoms with Crippen molar-refractivity contribution in [3.63, 3.8) is 0 Å². The largest absolute Gasteiger partial charge is 0.245 e. The van der Waals surface area contributed by atoms with Crippen LogP contribution in [0.4, 0.5) is 0 Å². The molecule has 4 nitrogen and oxygen atoms in total. The van der Waals surface area contributed by atoms with Gasteiger partial charge in [-0.15, -0.1) is 0 Å². The van der Waals surface area contributed by atoms with Crippen LogP contribution >= 0.6 is 0 Å². The third kappa shape index (κ3) is 5.76. The number of hydrogen-bond acceptors (Lipinski definition) is 4. The Morgan fingerprint density at radius 1 is 0.278 bits per heavy atom. The van der Waals surface area contributed by atoms with Crippen LogP contribution in [-0.4, -0.2) is 19.9 Å². The molecule has 3 heterocycles. The van der Waals surface area contributed by atoms with Crippen LogP contribution in [0.3, 0.4) is 0 Å². The molecule has 0 radical (unpaired) electrons. The highest BCUT2D eigenvalue weighted by molar-refractivity contribution is 6.16. The highest BCUT2D eigenvalue weighted by Gasteiger charge is 2.16. The fraction of sp³-hybridized carbons (Fsp3) is 0. The van der Waals surface area contributed by atoms with Gasteiger partial charge < -0.3 is 0 Å². The molecule has 0 atom stereocenters. The lowest BCUT2D eigenvalue weighted by Gasteiger charge is -2.13. The van der Waals surface area contributed by atoms with E-state index in [0.717, 1.165) is 77.6 Å². The number of aromatic nitrogens is 4. The van der Waals surface area contributed by atoms with E-state index in [2.05, 4.69) is 164 Å². The zero-order valence-corrected chi connectivity index (χ0v) is 29.3. The molecule has 0 fully saturated rings. The minimum absolute atomic E-state index is 0.684. The van der Waals surface area contributed by atoms with Crippen molar-refractivity contribution in [1.82, 2.24) is 19.9 Å². The van der Waals surface area contributed by atoms with Crippen molar-refractivity contribution in [2.45, 2.75) is 0 Å². The van der Waals surface area contributed by atoms with Crippen LogP contribution in [0.1, 0.15) is 0 Å². The molecule has 0 amide bonds. The Morgan fingerprint density at radius 3 is 1.57 bits per heavy atom. The van der Waals surface area contributed by atoms with Crippen LogP contribution < -0.4 is 0 Å². The van der Waals surface area contributed by atoms with E-state index in [1.165, 1.54) is 16.7 Å². The molecule has 0 aliphatic carbocycles. The smallest absolute Gasteiger partial charge is 0.160 e. The van der Waals surface area contributed by atoms with Crippen LogP contribution in [0.2, 0.25) is 0 Å². The first kappa shape index (κ1) is 31.4. The van der Waals surface area contributed by atoms with Crippen molar-refractivity contribution in [1.29, 1.82) is 0 Å². The van der Waals surface area contributed by atoms with Gasteiger partial charge in [0.25, 0.3) is 0 Å². The summed E-state index contributed by atoms with van der Waals surface area (Å²) in [5.41, 5.74) is 14.0. The van der Waals surface area contributed by atoms with E-state index in [0.29, 0.717) is 5.82 Å². The molecule has 7 aromatic carbocycles. The third-order valence-corrected chi connectivity index (χ3v) is 10.1. The predicted octanol–water partition coefficient (Wildman–Crippen LogP) is 12.7. The van der Waals surface area contributed by atoms with Gasteiger partial charge in [0, 0.05) is 44.0 Å². The average Bonchev–Trinajstić information content (AvgIpc) is 3.26. The van der Waals surface area contributed by atoms with Crippen molar-refractivity contribution >= 4 is 32.7 Å². The van der Waals surface area contributed by atoms with Crippen molar-refractivity contribution in [3.05, 3.63) is 194 Å². The van der Waals surface area contributed by atoms with Gasteiger partial charge in [0.1, 0.15) is 0 Å². The molecule has 0 bridgehead atoms. The lowest BCUT2D eigenvalue weighted by atomic mass is 9.95. The molecule has 0 spiro atoms. The van der Waals surface area contributed by atoms with Gasteiger partial charge in [-0.1, -0.05) is 170 Å². The molecule has 10 rings (SSSR count). The van der Waals surface area contributed by atoms with E-state index in [1.807, 2.05) is 30.3 Å². The van der Waals surface area contributed by atoms with Gasteiger partial charge in [0.15, 0.2) is 5.82 Å². The minimum atomic E-state index is 0.684. The second-order valence-electron chi connectivity index (χ2n) is 13.5. The fourth-order valence-corrected chi connectivity index (χ4v) is 7.37. The highest BCUT2D eigenvalue weighted by Crippen LogP contribution is 2.38. The summed E-state index contributed by atoms with van der Waals surface area (Å²) in [4.78, 5) is 20.7. The molecular weight excluding hydrogens is 657 g/mol. The number of pyridine rings is 2. The fourth-order valence-electron chi connectivity index (χ4n) is 7.37. The third-order valence-electron chi connectivity index (χ3n) is 10.1. The molecule has 0 unspecified atom stereocenters. The summed E-state index contributed by atoms with van der Waals surface area (Å²) in [6, 6.07) is 67.3. The molecule has 252 valence electrons. The van der Waals surface area contributed by atoms with Crippen LogP contribution in [-0.2, 0) is 0 Å². The van der Waals surface area contributed by atoms with Crippen molar-refractivity contribution < 1.29 is 0 Å². The van der Waals surface area contributed by atoms with Crippen molar-refractivity contribution in [3.8, 4) is 67.4 Å². The van der Waals surface area contributed by atoms with Gasteiger partial charge in [-0.05, 0) is 41.0 Å². The molecule has 0 saturated carbocycles. The summed E-state index contributed by atoms with van der Waals surface area (Å²) in [6.45, 7) is 0. The Hall–Kier alpha value is -7.30. The van der Waals surface area contributed by atoms with E-state index in [1.54, 1.807) is 0 Å². The average molecular weight is 689 g/mol. The normalized spacial score (nSPS) is 11.3. The van der Waals surface area contributed by atoms with E-state index in [-0.39, 0.29) is 0 Å². The first-order chi connectivity index (χ1) is 26.7. The Balaban J connectivity index is 1.10. The van der Waals surface area contributed by atoms with E-state index in [4.69, 9.17) is 19.9 Å². The molecule has 10 aromatic rings. The number of rotatable bonds is 6. The number of benzene rings is 7. The van der Waals surface area contributed by atoms with Gasteiger partial charge in [-0.25, -0.2) is 19.9 Å². The topological polar surface area (TPSA) is 51.6 Å². The number of hydrogen-bond donors (Lipinski definition) is 0. The second-order valence-corrected chi connectivity index (χ2v) is 13.5. The van der Waals surface area contributed by atoms with E-state index in [9.17, 15) is 0 Å². The Morgan fingerprint density at radius 2 is 0.833 bits per heavy atom. The molecule has 0 saturated heterocycles. The lowest BCUT2D eigenvalue weighted by Crippen LogP contribution is -1.96. The lowest BCUT2D eigenvalue weighted by molar-refractivity contribution is 1.18. The number of para-hydroxylation sites is 1. The SMILES string of the molecule is c1ccc(-c2ccc(-c3cc(-c4cccc(-c5ccc6ccc7c(-c8ccccc8)c8ccccc8nc7c6n5)c4)nc(-c4ccccc4)n3)cc2)cc1. The monoisotopic (exact) mass is 688 g/mol. The molecule has 54 heavy (non-hydrogen) atoms. The van der Waals surface area contributed by atoms with Crippen LogP contribution in [0.5, 0.6) is 0 Å². The number of fused-ring (bicyclic) bond motifs is 4.